The number of methoxy groups -OCH3 is 2. The molecule has 0 radical (unpaired) electrons. The Morgan fingerprint density at radius 3 is 2.34 bits per heavy atom. The van der Waals surface area contributed by atoms with Crippen LogP contribution >= 0.6 is 0 Å². The summed E-state index contributed by atoms with van der Waals surface area (Å²) in [6.45, 7) is 0.254. The zero-order chi connectivity index (χ0) is 21.0. The van der Waals surface area contributed by atoms with Gasteiger partial charge in [0.15, 0.2) is 16.4 Å². The third-order valence-corrected chi connectivity index (χ3v) is 7.03. The second-order valence-electron chi connectivity index (χ2n) is 6.95. The van der Waals surface area contributed by atoms with Crippen molar-refractivity contribution >= 4 is 21.4 Å². The van der Waals surface area contributed by atoms with Gasteiger partial charge in [-0.1, -0.05) is 25.0 Å². The highest BCUT2D eigenvalue weighted by atomic mass is 32.2. The van der Waals surface area contributed by atoms with E-state index in [9.17, 15) is 18.5 Å². The SMILES string of the molecule is COc1ccc(N(CC2CCCC2)S(=O)(=O)c2ccccc2[N+](=O)[O-])cc1OC. The summed E-state index contributed by atoms with van der Waals surface area (Å²) in [5.74, 6) is 1.06. The van der Waals surface area contributed by atoms with E-state index in [1.54, 1.807) is 18.2 Å². The van der Waals surface area contributed by atoms with Gasteiger partial charge < -0.3 is 9.47 Å². The molecule has 0 N–H and O–H groups in total. The van der Waals surface area contributed by atoms with Crippen LogP contribution in [0.5, 0.6) is 11.5 Å². The number of benzene rings is 2. The first kappa shape index (κ1) is 20.9. The summed E-state index contributed by atoms with van der Waals surface area (Å²) in [5.41, 5.74) is -0.0582. The first-order chi connectivity index (χ1) is 13.9. The summed E-state index contributed by atoms with van der Waals surface area (Å²) >= 11 is 0. The normalized spacial score (nSPS) is 14.6. The predicted octanol–water partition coefficient (Wildman–Crippen LogP) is 4.00. The van der Waals surface area contributed by atoms with Crippen LogP contribution in [0.15, 0.2) is 47.4 Å². The molecule has 0 atom stereocenters. The lowest BCUT2D eigenvalue weighted by Crippen LogP contribution is -2.35. The topological polar surface area (TPSA) is 99.0 Å². The lowest BCUT2D eigenvalue weighted by molar-refractivity contribution is -0.387. The van der Waals surface area contributed by atoms with E-state index in [2.05, 4.69) is 0 Å². The summed E-state index contributed by atoms with van der Waals surface area (Å²) in [7, 11) is -1.20. The van der Waals surface area contributed by atoms with Crippen LogP contribution in [-0.2, 0) is 10.0 Å². The molecule has 1 aliphatic rings. The molecule has 0 saturated heterocycles. The van der Waals surface area contributed by atoms with E-state index in [4.69, 9.17) is 9.47 Å². The Labute approximate surface area is 170 Å². The fourth-order valence-electron chi connectivity index (χ4n) is 3.69. The van der Waals surface area contributed by atoms with Crippen LogP contribution in [0.25, 0.3) is 0 Å². The van der Waals surface area contributed by atoms with Crippen LogP contribution in [0, 0.1) is 16.0 Å². The molecular weight excluding hydrogens is 396 g/mol. The largest absolute Gasteiger partial charge is 0.493 e. The maximum absolute atomic E-state index is 13.5. The zero-order valence-corrected chi connectivity index (χ0v) is 17.2. The molecule has 0 aromatic heterocycles. The zero-order valence-electron chi connectivity index (χ0n) is 16.4. The van der Waals surface area contributed by atoms with Gasteiger partial charge in [0.25, 0.3) is 15.7 Å². The smallest absolute Gasteiger partial charge is 0.289 e. The fourth-order valence-corrected chi connectivity index (χ4v) is 5.39. The van der Waals surface area contributed by atoms with Crippen molar-refractivity contribution < 1.29 is 22.8 Å². The van der Waals surface area contributed by atoms with Crippen molar-refractivity contribution in [2.45, 2.75) is 30.6 Å². The van der Waals surface area contributed by atoms with Gasteiger partial charge in [-0.05, 0) is 37.0 Å². The summed E-state index contributed by atoms with van der Waals surface area (Å²) in [4.78, 5) is 10.4. The van der Waals surface area contributed by atoms with Gasteiger partial charge in [0.2, 0.25) is 0 Å². The van der Waals surface area contributed by atoms with Crippen LogP contribution in [0.1, 0.15) is 25.7 Å². The number of nitro groups is 1. The van der Waals surface area contributed by atoms with E-state index in [1.165, 1.54) is 42.8 Å². The molecule has 0 aliphatic heterocycles. The summed E-state index contributed by atoms with van der Waals surface area (Å²) in [6.07, 6.45) is 3.96. The summed E-state index contributed by atoms with van der Waals surface area (Å²) in [6, 6.07) is 10.3. The van der Waals surface area contributed by atoms with Crippen molar-refractivity contribution in [3.05, 3.63) is 52.6 Å². The average Bonchev–Trinajstić information content (AvgIpc) is 3.24. The number of nitro benzene ring substituents is 1. The molecule has 1 fully saturated rings. The van der Waals surface area contributed by atoms with Crippen LogP contribution in [0.3, 0.4) is 0 Å². The van der Waals surface area contributed by atoms with Gasteiger partial charge in [-0.3, -0.25) is 14.4 Å². The van der Waals surface area contributed by atoms with E-state index in [0.29, 0.717) is 17.2 Å². The van der Waals surface area contributed by atoms with Gasteiger partial charge >= 0.3 is 0 Å². The quantitative estimate of drug-likeness (QED) is 0.473. The summed E-state index contributed by atoms with van der Waals surface area (Å²) < 4.78 is 38.9. The Morgan fingerprint density at radius 2 is 1.72 bits per heavy atom. The van der Waals surface area contributed by atoms with Gasteiger partial charge in [-0.2, -0.15) is 0 Å². The molecule has 0 spiro atoms. The second-order valence-corrected chi connectivity index (χ2v) is 8.78. The van der Waals surface area contributed by atoms with Gasteiger partial charge in [0.05, 0.1) is 24.8 Å². The highest BCUT2D eigenvalue weighted by Crippen LogP contribution is 2.37. The molecule has 2 aromatic carbocycles. The van der Waals surface area contributed by atoms with E-state index >= 15 is 0 Å². The first-order valence-corrected chi connectivity index (χ1v) is 10.8. The molecule has 3 rings (SSSR count). The molecule has 9 heteroatoms. The molecule has 0 heterocycles. The number of hydrogen-bond donors (Lipinski definition) is 0. The van der Waals surface area contributed by atoms with E-state index < -0.39 is 20.6 Å². The van der Waals surface area contributed by atoms with Crippen molar-refractivity contribution in [3.8, 4) is 11.5 Å². The molecule has 0 amide bonds. The minimum absolute atomic E-state index is 0.195. The standard InChI is InChI=1S/C20H24N2O6S/c1-27-18-12-11-16(13-19(18)28-2)21(14-15-7-3-4-8-15)29(25,26)20-10-6-5-9-17(20)22(23)24/h5-6,9-13,15H,3-4,7-8,14H2,1-2H3. The Bertz CT molecular complexity index is 986. The van der Waals surface area contributed by atoms with Crippen molar-refractivity contribution in [3.63, 3.8) is 0 Å². The monoisotopic (exact) mass is 420 g/mol. The van der Waals surface area contributed by atoms with Crippen molar-refractivity contribution in [1.82, 2.24) is 0 Å². The molecule has 156 valence electrons. The number of anilines is 1. The van der Waals surface area contributed by atoms with Crippen LogP contribution < -0.4 is 13.8 Å². The maximum atomic E-state index is 13.5. The number of para-hydroxylation sites is 1. The number of sulfonamides is 1. The first-order valence-electron chi connectivity index (χ1n) is 9.36. The van der Waals surface area contributed by atoms with Crippen LogP contribution in [0.4, 0.5) is 11.4 Å². The average molecular weight is 420 g/mol. The van der Waals surface area contributed by atoms with E-state index in [1.807, 2.05) is 0 Å². The van der Waals surface area contributed by atoms with Crippen molar-refractivity contribution in [2.75, 3.05) is 25.1 Å². The Kier molecular flexibility index (Phi) is 6.26. The number of ether oxygens (including phenoxy) is 2. The molecule has 1 saturated carbocycles. The van der Waals surface area contributed by atoms with Crippen molar-refractivity contribution in [1.29, 1.82) is 0 Å². The molecule has 0 bridgehead atoms. The molecule has 1 aliphatic carbocycles. The van der Waals surface area contributed by atoms with Gasteiger partial charge in [-0.15, -0.1) is 0 Å². The fraction of sp³-hybridized carbons (Fsp3) is 0.400. The minimum atomic E-state index is -4.17. The minimum Gasteiger partial charge on any atom is -0.493 e. The third kappa shape index (κ3) is 4.29. The van der Waals surface area contributed by atoms with E-state index in [0.717, 1.165) is 25.7 Å². The number of hydrogen-bond acceptors (Lipinski definition) is 6. The highest BCUT2D eigenvalue weighted by Gasteiger charge is 2.34. The van der Waals surface area contributed by atoms with Gasteiger partial charge in [0.1, 0.15) is 0 Å². The van der Waals surface area contributed by atoms with E-state index in [-0.39, 0.29) is 17.4 Å². The number of nitrogens with zero attached hydrogens (tertiary/aromatic N) is 2. The molecule has 2 aromatic rings. The van der Waals surface area contributed by atoms with Gasteiger partial charge in [-0.25, -0.2) is 8.42 Å². The second kappa shape index (κ2) is 8.69. The Hall–Kier alpha value is -2.81. The Morgan fingerprint density at radius 1 is 1.07 bits per heavy atom. The van der Waals surface area contributed by atoms with Crippen LogP contribution in [-0.4, -0.2) is 34.1 Å². The third-order valence-electron chi connectivity index (χ3n) is 5.18. The molecule has 29 heavy (non-hydrogen) atoms. The Balaban J connectivity index is 2.12. The highest BCUT2D eigenvalue weighted by molar-refractivity contribution is 7.93. The molecule has 8 nitrogen and oxygen atoms in total. The summed E-state index contributed by atoms with van der Waals surface area (Å²) in [5, 5.41) is 11.4. The maximum Gasteiger partial charge on any atom is 0.289 e. The lowest BCUT2D eigenvalue weighted by atomic mass is 10.1. The van der Waals surface area contributed by atoms with Gasteiger partial charge in [0, 0.05) is 18.7 Å². The number of rotatable bonds is 8. The molecular formula is C20H24N2O6S. The molecule has 0 unspecified atom stereocenters. The predicted molar refractivity (Wildman–Crippen MR) is 109 cm³/mol. The van der Waals surface area contributed by atoms with Crippen LogP contribution in [0.2, 0.25) is 0 Å². The van der Waals surface area contributed by atoms with Crippen molar-refractivity contribution in [2.24, 2.45) is 5.92 Å². The lowest BCUT2D eigenvalue weighted by Gasteiger charge is -2.27.